The van der Waals surface area contributed by atoms with Crippen molar-refractivity contribution in [3.8, 4) is 17.7 Å². The second-order valence-corrected chi connectivity index (χ2v) is 6.84. The number of hydrogen-bond acceptors (Lipinski definition) is 4. The third-order valence-electron chi connectivity index (χ3n) is 4.96. The predicted octanol–water partition coefficient (Wildman–Crippen LogP) is 2.44. The summed E-state index contributed by atoms with van der Waals surface area (Å²) in [7, 11) is 1.62. The van der Waals surface area contributed by atoms with E-state index in [1.54, 1.807) is 13.3 Å². The molecule has 0 bridgehead atoms. The molecule has 1 atom stereocenters. The highest BCUT2D eigenvalue weighted by atomic mass is 16.5. The van der Waals surface area contributed by atoms with Crippen LogP contribution in [-0.2, 0) is 6.42 Å². The molecular formula is C22H24N4O. The smallest absolute Gasteiger partial charge is 0.212 e. The van der Waals surface area contributed by atoms with Crippen molar-refractivity contribution in [3.05, 3.63) is 59.9 Å². The molecule has 138 valence electrons. The van der Waals surface area contributed by atoms with Crippen LogP contribution in [0.25, 0.3) is 10.9 Å². The summed E-state index contributed by atoms with van der Waals surface area (Å²) >= 11 is 0. The van der Waals surface area contributed by atoms with Gasteiger partial charge in [0, 0.05) is 60.6 Å². The molecule has 0 radical (unpaired) electrons. The largest absolute Gasteiger partial charge is 0.481 e. The fraction of sp³-hybridized carbons (Fsp3) is 0.318. The zero-order valence-electron chi connectivity index (χ0n) is 15.5. The lowest BCUT2D eigenvalue weighted by Crippen LogP contribution is -2.51. The Morgan fingerprint density at radius 2 is 2.19 bits per heavy atom. The number of piperazine rings is 1. The molecule has 1 saturated heterocycles. The highest BCUT2D eigenvalue weighted by Gasteiger charge is 2.19. The number of para-hydroxylation sites is 1. The van der Waals surface area contributed by atoms with Crippen LogP contribution in [0.3, 0.4) is 0 Å². The molecule has 0 amide bonds. The molecule has 27 heavy (non-hydrogen) atoms. The fourth-order valence-corrected chi connectivity index (χ4v) is 3.57. The molecule has 3 aromatic rings. The SMILES string of the molecule is COc1ccc(C#CCN2CCNC(Cc3c[nH]c4ccccc34)C2)cn1. The van der Waals surface area contributed by atoms with Crippen molar-refractivity contribution in [2.45, 2.75) is 12.5 Å². The number of methoxy groups -OCH3 is 1. The molecular weight excluding hydrogens is 336 g/mol. The maximum atomic E-state index is 5.07. The molecule has 1 aliphatic heterocycles. The van der Waals surface area contributed by atoms with Gasteiger partial charge in [0.25, 0.3) is 0 Å². The van der Waals surface area contributed by atoms with Crippen LogP contribution >= 0.6 is 0 Å². The molecule has 1 unspecified atom stereocenters. The molecule has 1 aliphatic rings. The van der Waals surface area contributed by atoms with Crippen LogP contribution in [0.5, 0.6) is 5.88 Å². The minimum Gasteiger partial charge on any atom is -0.481 e. The number of aromatic amines is 1. The zero-order chi connectivity index (χ0) is 18.5. The van der Waals surface area contributed by atoms with Crippen LogP contribution in [0.2, 0.25) is 0 Å². The second kappa shape index (κ2) is 8.26. The molecule has 1 fully saturated rings. The Morgan fingerprint density at radius 1 is 1.26 bits per heavy atom. The standard InChI is InChI=1S/C22H24N4O/c1-27-22-9-8-17(14-25-22)5-4-11-26-12-10-23-19(16-26)13-18-15-24-21-7-3-2-6-20(18)21/h2-3,6-9,14-15,19,23-24H,10-13,16H2,1H3. The molecule has 5 heteroatoms. The number of rotatable bonds is 4. The number of fused-ring (bicyclic) bond motifs is 1. The van der Waals surface area contributed by atoms with Crippen molar-refractivity contribution in [2.24, 2.45) is 0 Å². The van der Waals surface area contributed by atoms with E-state index >= 15 is 0 Å². The summed E-state index contributed by atoms with van der Waals surface area (Å²) in [5, 5.41) is 4.97. The van der Waals surface area contributed by atoms with Crippen LogP contribution in [0, 0.1) is 11.8 Å². The lowest BCUT2D eigenvalue weighted by atomic mass is 10.0. The monoisotopic (exact) mass is 360 g/mol. The van der Waals surface area contributed by atoms with Crippen molar-refractivity contribution in [1.82, 2.24) is 20.2 Å². The van der Waals surface area contributed by atoms with Gasteiger partial charge in [-0.15, -0.1) is 0 Å². The maximum absolute atomic E-state index is 5.07. The highest BCUT2D eigenvalue weighted by Crippen LogP contribution is 2.19. The first-order valence-electron chi connectivity index (χ1n) is 9.31. The quantitative estimate of drug-likeness (QED) is 0.702. The first-order valence-corrected chi connectivity index (χ1v) is 9.31. The summed E-state index contributed by atoms with van der Waals surface area (Å²) < 4.78 is 5.07. The number of ether oxygens (including phenoxy) is 1. The van der Waals surface area contributed by atoms with Gasteiger partial charge in [0.15, 0.2) is 0 Å². The van der Waals surface area contributed by atoms with E-state index in [1.807, 2.05) is 12.1 Å². The molecule has 0 aliphatic carbocycles. The molecule has 4 rings (SSSR count). The van der Waals surface area contributed by atoms with Crippen molar-refractivity contribution in [2.75, 3.05) is 33.3 Å². The molecule has 1 aromatic carbocycles. The Hall–Kier alpha value is -2.81. The number of benzene rings is 1. The summed E-state index contributed by atoms with van der Waals surface area (Å²) in [5.74, 6) is 7.09. The summed E-state index contributed by atoms with van der Waals surface area (Å²) in [5.41, 5.74) is 3.50. The van der Waals surface area contributed by atoms with Crippen LogP contribution < -0.4 is 10.1 Å². The van der Waals surface area contributed by atoms with Gasteiger partial charge in [-0.05, 0) is 24.1 Å². The third kappa shape index (κ3) is 4.30. The molecule has 3 heterocycles. The zero-order valence-corrected chi connectivity index (χ0v) is 15.5. The van der Waals surface area contributed by atoms with E-state index in [0.717, 1.165) is 38.2 Å². The summed E-state index contributed by atoms with van der Waals surface area (Å²) in [4.78, 5) is 9.98. The van der Waals surface area contributed by atoms with Crippen molar-refractivity contribution in [3.63, 3.8) is 0 Å². The average molecular weight is 360 g/mol. The first kappa shape index (κ1) is 17.6. The van der Waals surface area contributed by atoms with Gasteiger partial charge < -0.3 is 15.0 Å². The fourth-order valence-electron chi connectivity index (χ4n) is 3.57. The van der Waals surface area contributed by atoms with E-state index in [0.29, 0.717) is 11.9 Å². The lowest BCUT2D eigenvalue weighted by molar-refractivity contribution is 0.220. The molecule has 0 spiro atoms. The molecule has 0 saturated carbocycles. The van der Waals surface area contributed by atoms with E-state index in [9.17, 15) is 0 Å². The minimum atomic E-state index is 0.447. The summed E-state index contributed by atoms with van der Waals surface area (Å²) in [6.45, 7) is 3.81. The Labute approximate surface area is 159 Å². The Bertz CT molecular complexity index is 952. The Balaban J connectivity index is 1.35. The predicted molar refractivity (Wildman–Crippen MR) is 108 cm³/mol. The minimum absolute atomic E-state index is 0.447. The van der Waals surface area contributed by atoms with Crippen molar-refractivity contribution in [1.29, 1.82) is 0 Å². The van der Waals surface area contributed by atoms with Crippen LogP contribution in [0.1, 0.15) is 11.1 Å². The highest BCUT2D eigenvalue weighted by molar-refractivity contribution is 5.83. The topological polar surface area (TPSA) is 53.2 Å². The normalized spacial score (nSPS) is 17.4. The maximum Gasteiger partial charge on any atom is 0.212 e. The van der Waals surface area contributed by atoms with Gasteiger partial charge in [0.2, 0.25) is 5.88 Å². The van der Waals surface area contributed by atoms with Gasteiger partial charge in [-0.1, -0.05) is 30.0 Å². The van der Waals surface area contributed by atoms with E-state index in [4.69, 9.17) is 4.74 Å². The van der Waals surface area contributed by atoms with E-state index in [-0.39, 0.29) is 0 Å². The number of H-pyrrole nitrogens is 1. The van der Waals surface area contributed by atoms with Crippen molar-refractivity contribution >= 4 is 10.9 Å². The van der Waals surface area contributed by atoms with Crippen LogP contribution in [-0.4, -0.2) is 54.2 Å². The molecule has 2 N–H and O–H groups in total. The molecule has 5 nitrogen and oxygen atoms in total. The number of pyridine rings is 1. The second-order valence-electron chi connectivity index (χ2n) is 6.84. The number of nitrogens with zero attached hydrogens (tertiary/aromatic N) is 2. The van der Waals surface area contributed by atoms with E-state index in [2.05, 4.69) is 62.5 Å². The van der Waals surface area contributed by atoms with Gasteiger partial charge in [0.1, 0.15) is 0 Å². The first-order chi connectivity index (χ1) is 13.3. The van der Waals surface area contributed by atoms with E-state index in [1.165, 1.54) is 16.5 Å². The van der Waals surface area contributed by atoms with Gasteiger partial charge in [-0.3, -0.25) is 4.90 Å². The van der Waals surface area contributed by atoms with E-state index < -0.39 is 0 Å². The number of hydrogen-bond donors (Lipinski definition) is 2. The Kier molecular flexibility index (Phi) is 5.38. The summed E-state index contributed by atoms with van der Waals surface area (Å²) in [6.07, 6.45) is 4.92. The van der Waals surface area contributed by atoms with Gasteiger partial charge in [-0.25, -0.2) is 4.98 Å². The van der Waals surface area contributed by atoms with Gasteiger partial charge in [0.05, 0.1) is 13.7 Å². The number of nitrogens with one attached hydrogen (secondary N) is 2. The lowest BCUT2D eigenvalue weighted by Gasteiger charge is -2.32. The Morgan fingerprint density at radius 3 is 3.04 bits per heavy atom. The average Bonchev–Trinajstić information content (AvgIpc) is 3.12. The van der Waals surface area contributed by atoms with Gasteiger partial charge >= 0.3 is 0 Å². The van der Waals surface area contributed by atoms with Crippen LogP contribution in [0.15, 0.2) is 48.8 Å². The number of aromatic nitrogens is 2. The third-order valence-corrected chi connectivity index (χ3v) is 4.96. The van der Waals surface area contributed by atoms with Crippen LogP contribution in [0.4, 0.5) is 0 Å². The summed E-state index contributed by atoms with van der Waals surface area (Å²) in [6, 6.07) is 12.7. The molecule has 2 aromatic heterocycles. The van der Waals surface area contributed by atoms with Gasteiger partial charge in [-0.2, -0.15) is 0 Å². The van der Waals surface area contributed by atoms with Crippen molar-refractivity contribution < 1.29 is 4.74 Å².